The second-order valence-electron chi connectivity index (χ2n) is 3.84. The molecule has 6 heteroatoms. The number of rotatable bonds is 1. The van der Waals surface area contributed by atoms with Gasteiger partial charge < -0.3 is 14.8 Å². The molecule has 3 N–H and O–H groups in total. The minimum absolute atomic E-state index is 0.229. The molecule has 0 saturated carbocycles. The summed E-state index contributed by atoms with van der Waals surface area (Å²) in [5.74, 6) is 0. The molecule has 0 spiro atoms. The van der Waals surface area contributed by atoms with E-state index in [1.807, 2.05) is 0 Å². The molecule has 1 aromatic carbocycles. The van der Waals surface area contributed by atoms with Crippen molar-refractivity contribution in [2.75, 3.05) is 5.32 Å². The monoisotopic (exact) mass is 221 g/mol. The van der Waals surface area contributed by atoms with Crippen LogP contribution in [0.1, 0.15) is 12.5 Å². The largest absolute Gasteiger partial charge is 0.488 e. The van der Waals surface area contributed by atoms with Gasteiger partial charge in [-0.05, 0) is 24.0 Å². The first-order valence-electron chi connectivity index (χ1n) is 5.03. The molecule has 1 aliphatic heterocycles. The number of hydrogen-bond donors (Lipinski definition) is 3. The lowest BCUT2D eigenvalue weighted by Crippen LogP contribution is -2.30. The third kappa shape index (κ3) is 2.18. The van der Waals surface area contributed by atoms with Crippen molar-refractivity contribution < 1.29 is 19.6 Å². The number of nitrogens with one attached hydrogen (secondary N) is 1. The highest BCUT2D eigenvalue weighted by Gasteiger charge is 2.21. The third-order valence-corrected chi connectivity index (χ3v) is 2.48. The lowest BCUT2D eigenvalue weighted by atomic mass is 9.79. The zero-order chi connectivity index (χ0) is 11.7. The smallest absolute Gasteiger partial charge is 0.446 e. The van der Waals surface area contributed by atoms with E-state index in [2.05, 4.69) is 5.32 Å². The van der Waals surface area contributed by atoms with E-state index in [-0.39, 0.29) is 6.10 Å². The quantitative estimate of drug-likeness (QED) is 0.576. The molecular formula is C10H12BNO4. The van der Waals surface area contributed by atoms with Crippen molar-refractivity contribution in [3.05, 3.63) is 23.8 Å². The first kappa shape index (κ1) is 11.0. The van der Waals surface area contributed by atoms with Gasteiger partial charge in [-0.3, -0.25) is 5.32 Å². The molecular weight excluding hydrogens is 209 g/mol. The normalized spacial score (nSPS) is 19.2. The van der Waals surface area contributed by atoms with Gasteiger partial charge in [0, 0.05) is 12.1 Å². The third-order valence-electron chi connectivity index (χ3n) is 2.48. The topological polar surface area (TPSA) is 78.8 Å². The van der Waals surface area contributed by atoms with Crippen LogP contribution in [0.25, 0.3) is 0 Å². The first-order valence-corrected chi connectivity index (χ1v) is 5.03. The Hall–Kier alpha value is -1.53. The molecule has 0 radical (unpaired) electrons. The Morgan fingerprint density at radius 3 is 2.94 bits per heavy atom. The van der Waals surface area contributed by atoms with Crippen LogP contribution in [0.2, 0.25) is 0 Å². The van der Waals surface area contributed by atoms with Gasteiger partial charge in [-0.15, -0.1) is 0 Å². The zero-order valence-corrected chi connectivity index (χ0v) is 8.80. The molecule has 0 fully saturated rings. The number of benzene rings is 1. The Labute approximate surface area is 93.2 Å². The van der Waals surface area contributed by atoms with Crippen LogP contribution >= 0.6 is 0 Å². The van der Waals surface area contributed by atoms with E-state index < -0.39 is 13.2 Å². The molecule has 2 rings (SSSR count). The summed E-state index contributed by atoms with van der Waals surface area (Å²) in [6.45, 7) is 1.79. The van der Waals surface area contributed by atoms with Crippen molar-refractivity contribution >= 4 is 24.4 Å². The number of carbonyl (C=O) groups excluding carboxylic acids is 1. The van der Waals surface area contributed by atoms with Gasteiger partial charge in [-0.2, -0.15) is 0 Å². The Morgan fingerprint density at radius 1 is 1.50 bits per heavy atom. The maximum Gasteiger partial charge on any atom is 0.488 e. The Kier molecular flexibility index (Phi) is 2.85. The van der Waals surface area contributed by atoms with Crippen LogP contribution < -0.4 is 10.8 Å². The average Bonchev–Trinajstić information content (AvgIpc) is 2.32. The highest BCUT2D eigenvalue weighted by Crippen LogP contribution is 2.20. The van der Waals surface area contributed by atoms with Crippen LogP contribution in [0.15, 0.2) is 18.2 Å². The highest BCUT2D eigenvalue weighted by molar-refractivity contribution is 6.58. The van der Waals surface area contributed by atoms with Crippen LogP contribution in [0.5, 0.6) is 0 Å². The van der Waals surface area contributed by atoms with Gasteiger partial charge in [0.25, 0.3) is 0 Å². The number of fused-ring (bicyclic) bond motifs is 1. The minimum Gasteiger partial charge on any atom is -0.446 e. The fourth-order valence-electron chi connectivity index (χ4n) is 1.74. The number of carbonyl (C=O) groups is 1. The SMILES string of the molecule is CC1Cc2cc(B(O)O)ccc2NC(=O)O1. The standard InChI is InChI=1S/C10H12BNO4/c1-6-4-7-5-8(11(14)15)2-3-9(7)12-10(13)16-6/h2-3,5-6,14-15H,4H2,1H3,(H,12,13). The summed E-state index contributed by atoms with van der Waals surface area (Å²) in [7, 11) is -1.50. The molecule has 16 heavy (non-hydrogen) atoms. The van der Waals surface area contributed by atoms with Crippen molar-refractivity contribution in [1.82, 2.24) is 0 Å². The van der Waals surface area contributed by atoms with Gasteiger partial charge in [0.2, 0.25) is 0 Å². The van der Waals surface area contributed by atoms with E-state index >= 15 is 0 Å². The second kappa shape index (κ2) is 4.15. The molecule has 1 amide bonds. The number of cyclic esters (lactones) is 1. The van der Waals surface area contributed by atoms with E-state index in [0.717, 1.165) is 5.56 Å². The van der Waals surface area contributed by atoms with Gasteiger partial charge in [-0.1, -0.05) is 12.1 Å². The summed E-state index contributed by atoms with van der Waals surface area (Å²) in [6, 6.07) is 4.86. The van der Waals surface area contributed by atoms with Crippen molar-refractivity contribution in [3.63, 3.8) is 0 Å². The van der Waals surface area contributed by atoms with Crippen LogP contribution in [0.3, 0.4) is 0 Å². The van der Waals surface area contributed by atoms with E-state index in [4.69, 9.17) is 14.8 Å². The first-order chi connectivity index (χ1) is 7.56. The van der Waals surface area contributed by atoms with Gasteiger partial charge in [0.05, 0.1) is 0 Å². The fourth-order valence-corrected chi connectivity index (χ4v) is 1.74. The maximum atomic E-state index is 11.2. The summed E-state index contributed by atoms with van der Waals surface area (Å²) in [4.78, 5) is 11.2. The summed E-state index contributed by atoms with van der Waals surface area (Å²) < 4.78 is 5.02. The van der Waals surface area contributed by atoms with Gasteiger partial charge in [-0.25, -0.2) is 4.79 Å². The average molecular weight is 221 g/mol. The van der Waals surface area contributed by atoms with Crippen LogP contribution in [0.4, 0.5) is 10.5 Å². The predicted molar refractivity (Wildman–Crippen MR) is 59.5 cm³/mol. The minimum atomic E-state index is -1.50. The van der Waals surface area contributed by atoms with Crippen molar-refractivity contribution in [1.29, 1.82) is 0 Å². The van der Waals surface area contributed by atoms with Gasteiger partial charge >= 0.3 is 13.2 Å². The van der Waals surface area contributed by atoms with Crippen LogP contribution in [-0.4, -0.2) is 29.4 Å². The lowest BCUT2D eigenvalue weighted by molar-refractivity contribution is 0.123. The summed E-state index contributed by atoms with van der Waals surface area (Å²) in [5.41, 5.74) is 1.89. The molecule has 0 saturated heterocycles. The molecule has 0 aromatic heterocycles. The molecule has 1 heterocycles. The zero-order valence-electron chi connectivity index (χ0n) is 8.80. The van der Waals surface area contributed by atoms with E-state index in [0.29, 0.717) is 17.6 Å². The summed E-state index contributed by atoms with van der Waals surface area (Å²) >= 11 is 0. The number of amides is 1. The lowest BCUT2D eigenvalue weighted by Gasteiger charge is -2.08. The highest BCUT2D eigenvalue weighted by atomic mass is 16.6. The van der Waals surface area contributed by atoms with E-state index in [9.17, 15) is 4.79 Å². The molecule has 0 bridgehead atoms. The Bertz CT molecular complexity index is 421. The van der Waals surface area contributed by atoms with E-state index in [1.165, 1.54) is 0 Å². The molecule has 1 aliphatic rings. The number of hydrogen-bond acceptors (Lipinski definition) is 4. The Morgan fingerprint density at radius 2 is 2.25 bits per heavy atom. The molecule has 1 unspecified atom stereocenters. The number of ether oxygens (including phenoxy) is 1. The number of anilines is 1. The Balaban J connectivity index is 2.38. The van der Waals surface area contributed by atoms with Crippen molar-refractivity contribution in [3.8, 4) is 0 Å². The van der Waals surface area contributed by atoms with Gasteiger partial charge in [0.15, 0.2) is 0 Å². The predicted octanol–water partition coefficient (Wildman–Crippen LogP) is -0.141. The van der Waals surface area contributed by atoms with Crippen molar-refractivity contribution in [2.45, 2.75) is 19.4 Å². The summed E-state index contributed by atoms with van der Waals surface area (Å²) in [5, 5.41) is 20.7. The molecule has 1 atom stereocenters. The molecule has 0 aliphatic carbocycles. The van der Waals surface area contributed by atoms with Crippen molar-refractivity contribution in [2.24, 2.45) is 0 Å². The molecule has 5 nitrogen and oxygen atoms in total. The second-order valence-corrected chi connectivity index (χ2v) is 3.84. The van der Waals surface area contributed by atoms with Crippen LogP contribution in [0, 0.1) is 0 Å². The van der Waals surface area contributed by atoms with Gasteiger partial charge in [0.1, 0.15) is 6.10 Å². The fraction of sp³-hybridized carbons (Fsp3) is 0.300. The summed E-state index contributed by atoms with van der Waals surface area (Å²) in [6.07, 6.45) is -0.162. The maximum absolute atomic E-state index is 11.2. The molecule has 1 aromatic rings. The molecule has 84 valence electrons. The van der Waals surface area contributed by atoms with E-state index in [1.54, 1.807) is 25.1 Å². The van der Waals surface area contributed by atoms with Crippen LogP contribution in [-0.2, 0) is 11.2 Å².